The molecule has 22 nitrogen and oxygen atoms in total. The van der Waals surface area contributed by atoms with Gasteiger partial charge in [0.25, 0.3) is 23.6 Å². The van der Waals surface area contributed by atoms with Crippen molar-refractivity contribution >= 4 is 76.7 Å². The number of fused-ring (bicyclic) bond motifs is 4. The number of aliphatic imine (C=N–C) groups is 1. The van der Waals surface area contributed by atoms with E-state index in [1.54, 1.807) is 24.1 Å². The van der Waals surface area contributed by atoms with Crippen LogP contribution in [-0.4, -0.2) is 182 Å². The van der Waals surface area contributed by atoms with Gasteiger partial charge in [0.1, 0.15) is 19.0 Å². The van der Waals surface area contributed by atoms with Crippen LogP contribution in [0.3, 0.4) is 0 Å². The quantitative estimate of drug-likeness (QED) is 0.0375. The molecule has 3 aromatic rings. The van der Waals surface area contributed by atoms with Crippen molar-refractivity contribution in [1.82, 2.24) is 19.8 Å². The zero-order chi connectivity index (χ0) is 65.2. The van der Waals surface area contributed by atoms with Gasteiger partial charge in [0.2, 0.25) is 17.7 Å². The van der Waals surface area contributed by atoms with Crippen LogP contribution in [0.25, 0.3) is 0 Å². The van der Waals surface area contributed by atoms with Gasteiger partial charge < -0.3 is 52.7 Å². The zero-order valence-electron chi connectivity index (χ0n) is 54.0. The summed E-state index contributed by atoms with van der Waals surface area (Å²) in [6.07, 6.45) is 11.0. The molecule has 5 fully saturated rings. The van der Waals surface area contributed by atoms with E-state index in [0.29, 0.717) is 128 Å². The number of benzene rings is 3. The first-order chi connectivity index (χ1) is 44.3. The Labute approximate surface area is 542 Å². The normalized spacial score (nSPS) is 22.3. The summed E-state index contributed by atoms with van der Waals surface area (Å²) in [4.78, 5) is 125. The van der Waals surface area contributed by atoms with Crippen LogP contribution in [-0.2, 0) is 72.2 Å². The molecule has 7 amide bonds. The molecule has 0 aromatic heterocycles. The predicted octanol–water partition coefficient (Wildman–Crippen LogP) is 8.62. The number of amides is 7. The molecular formula is C69H86N6O16S. The number of aryl methyl sites for hydroxylation is 2. The summed E-state index contributed by atoms with van der Waals surface area (Å²) in [7, 11) is 3.13. The van der Waals surface area contributed by atoms with E-state index in [9.17, 15) is 33.6 Å². The first-order valence-corrected chi connectivity index (χ1v) is 33.0. The minimum Gasteiger partial charge on any atom is -0.493 e. The lowest BCUT2D eigenvalue weighted by molar-refractivity contribution is -0.201. The van der Waals surface area contributed by atoms with Crippen molar-refractivity contribution in [1.29, 1.82) is 0 Å². The van der Waals surface area contributed by atoms with Crippen molar-refractivity contribution < 1.29 is 76.4 Å². The first-order valence-electron chi connectivity index (χ1n) is 32.1. The molecule has 23 heteroatoms. The third-order valence-electron chi connectivity index (χ3n) is 18.3. The Balaban J connectivity index is 0.893. The number of imide groups is 2. The van der Waals surface area contributed by atoms with Crippen molar-refractivity contribution in [2.24, 2.45) is 16.8 Å². The number of rotatable bonds is 28. The lowest BCUT2D eigenvalue weighted by Gasteiger charge is -2.34. The van der Waals surface area contributed by atoms with Gasteiger partial charge in [-0.25, -0.2) is 4.79 Å². The summed E-state index contributed by atoms with van der Waals surface area (Å²) in [5.74, 6) is -1.99. The molecule has 1 aliphatic carbocycles. The second kappa shape index (κ2) is 30.5. The van der Waals surface area contributed by atoms with Gasteiger partial charge in [0.15, 0.2) is 11.5 Å². The Bertz CT molecular complexity index is 3380. The number of likely N-dealkylation sites (tertiary alicyclic amines) is 1. The standard InChI is InChI=1S/C69H86N6O16S/c1-8-44-28-51-15-14-50-32-57(43(3)26-54(50)65(80)71(51)37-44)89-40-47-27-48(41-90-59-34-56-55(33-58(59)85-7)66(81)72-38-45(9-2)29-53(72)36-70-56)31-52(30-47)74(61(76)18-19-86-22-23-88-25-24-87-21-20-84-6)42-69(4,5)92-60-35-64(79)73(67(60)82)39-46-10-12-49(13-11-46)68(83)91-75-62(77)16-17-63(75)78/h8-9,26-27,30-34,36,46,49,51,53,60H,10-25,28-29,35,37-42H2,1-7H3/b44-8+,45-9+/t46?,49?,51-,53+,60?/m1/s1. The van der Waals surface area contributed by atoms with Gasteiger partial charge in [-0.05, 0) is 151 Å². The molecule has 494 valence electrons. The van der Waals surface area contributed by atoms with E-state index >= 15 is 4.79 Å². The van der Waals surface area contributed by atoms with Crippen LogP contribution in [0, 0.1) is 18.8 Å². The topological polar surface area (TPSA) is 239 Å². The number of anilines is 1. The van der Waals surface area contributed by atoms with Crippen LogP contribution in [0.4, 0.5) is 11.4 Å². The van der Waals surface area contributed by atoms with Gasteiger partial charge >= 0.3 is 5.97 Å². The second-order valence-corrected chi connectivity index (χ2v) is 27.2. The molecule has 0 bridgehead atoms. The predicted molar refractivity (Wildman–Crippen MR) is 343 cm³/mol. The third kappa shape index (κ3) is 16.1. The Morgan fingerprint density at radius 1 is 0.685 bits per heavy atom. The van der Waals surface area contributed by atoms with Crippen molar-refractivity contribution in [3.8, 4) is 17.2 Å². The summed E-state index contributed by atoms with van der Waals surface area (Å²) in [5, 5.41) is -0.179. The molecule has 6 aliphatic heterocycles. The number of nitrogens with zero attached hydrogens (tertiary/aromatic N) is 6. The van der Waals surface area contributed by atoms with Crippen LogP contribution in [0.15, 0.2) is 70.8 Å². The average molecular weight is 1290 g/mol. The number of methoxy groups -OCH3 is 2. The molecule has 4 saturated heterocycles. The number of hydrogen-bond acceptors (Lipinski definition) is 18. The van der Waals surface area contributed by atoms with Crippen molar-refractivity contribution in [2.45, 2.75) is 147 Å². The maximum atomic E-state index is 15.0. The van der Waals surface area contributed by atoms with Gasteiger partial charge in [-0.1, -0.05) is 23.3 Å². The van der Waals surface area contributed by atoms with E-state index in [-0.39, 0.29) is 119 Å². The number of hydrogen-bond donors (Lipinski definition) is 0. The third-order valence-corrected chi connectivity index (χ3v) is 19.7. The summed E-state index contributed by atoms with van der Waals surface area (Å²) in [6, 6.07) is 13.0. The minimum atomic E-state index is -0.831. The Kier molecular flexibility index (Phi) is 22.4. The molecule has 0 spiro atoms. The molecule has 10 rings (SSSR count). The molecule has 6 heterocycles. The number of thioether (sulfide) groups is 1. The lowest BCUT2D eigenvalue weighted by Crippen LogP contribution is -2.43. The number of carbonyl (C=O) groups is 8. The van der Waals surface area contributed by atoms with Crippen molar-refractivity contribution in [3.63, 3.8) is 0 Å². The molecule has 92 heavy (non-hydrogen) atoms. The molecular weight excluding hydrogens is 1200 g/mol. The second-order valence-electron chi connectivity index (χ2n) is 25.3. The largest absolute Gasteiger partial charge is 0.493 e. The fourth-order valence-corrected chi connectivity index (χ4v) is 14.6. The summed E-state index contributed by atoms with van der Waals surface area (Å²) >= 11 is 1.33. The fraction of sp³-hybridized carbons (Fsp3) is 0.551. The summed E-state index contributed by atoms with van der Waals surface area (Å²) in [6.45, 7) is 13.6. The lowest BCUT2D eigenvalue weighted by atomic mass is 9.82. The van der Waals surface area contributed by atoms with Gasteiger partial charge in [0, 0.05) is 86.9 Å². The highest BCUT2D eigenvalue weighted by atomic mass is 32.2. The monoisotopic (exact) mass is 1290 g/mol. The van der Waals surface area contributed by atoms with Crippen LogP contribution < -0.4 is 19.1 Å². The molecule has 1 unspecified atom stereocenters. The Hall–Kier alpha value is -7.44. The summed E-state index contributed by atoms with van der Waals surface area (Å²) < 4.78 is 40.6. The summed E-state index contributed by atoms with van der Waals surface area (Å²) in [5.41, 5.74) is 7.60. The zero-order valence-corrected chi connectivity index (χ0v) is 54.8. The van der Waals surface area contributed by atoms with Crippen LogP contribution in [0.1, 0.15) is 141 Å². The molecule has 7 aliphatic rings. The van der Waals surface area contributed by atoms with Gasteiger partial charge in [0.05, 0.1) is 88.2 Å². The van der Waals surface area contributed by atoms with E-state index in [0.717, 1.165) is 36.0 Å². The maximum absolute atomic E-state index is 15.0. The number of allylic oxidation sites excluding steroid dienone is 2. The molecule has 3 atom stereocenters. The number of hydroxylamine groups is 2. The van der Waals surface area contributed by atoms with Gasteiger partial charge in [-0.2, -0.15) is 0 Å². The van der Waals surface area contributed by atoms with Crippen LogP contribution >= 0.6 is 11.8 Å². The highest BCUT2D eigenvalue weighted by molar-refractivity contribution is 8.02. The number of ether oxygens (including phenoxy) is 7. The Morgan fingerprint density at radius 2 is 1.33 bits per heavy atom. The molecule has 1 saturated carbocycles. The van der Waals surface area contributed by atoms with Crippen molar-refractivity contribution in [3.05, 3.63) is 99.1 Å². The minimum absolute atomic E-state index is 0.00116. The van der Waals surface area contributed by atoms with Crippen LogP contribution in [0.2, 0.25) is 0 Å². The Morgan fingerprint density at radius 3 is 2.00 bits per heavy atom. The molecule has 0 radical (unpaired) electrons. The van der Waals surface area contributed by atoms with E-state index in [1.165, 1.54) is 29.3 Å². The van der Waals surface area contributed by atoms with Gasteiger partial charge in [-0.3, -0.25) is 43.5 Å². The maximum Gasteiger partial charge on any atom is 0.336 e. The first kappa shape index (κ1) is 67.4. The molecule has 0 N–H and O–H groups in total. The SMILES string of the molecule is C/C=C1\C[C@H]2CCc3cc(OCc4cc(COc5cc6c(cc5OC)C(=O)N5C/C(=C/C)C[C@H]5C=N6)cc(N(CC(C)(C)SC5CC(=O)N(CC6CCC(C(=O)ON7C(=O)CCC7=O)CC6)C5=O)C(=O)CCOCCOCCOCCOC)c4)c(C)cc3C(=O)N2C1. The highest BCUT2D eigenvalue weighted by Crippen LogP contribution is 2.42. The van der Waals surface area contributed by atoms with E-state index in [2.05, 4.69) is 6.08 Å². The van der Waals surface area contributed by atoms with E-state index < -0.39 is 33.7 Å². The van der Waals surface area contributed by atoms with E-state index in [1.807, 2.05) is 87.0 Å². The number of carbonyl (C=O) groups excluding carboxylic acids is 8. The van der Waals surface area contributed by atoms with Crippen molar-refractivity contribution in [2.75, 3.05) is 91.5 Å². The fourth-order valence-electron chi connectivity index (χ4n) is 13.2. The molecule has 3 aromatic carbocycles. The highest BCUT2D eigenvalue weighted by Gasteiger charge is 2.45. The van der Waals surface area contributed by atoms with Gasteiger partial charge in [-0.15, -0.1) is 16.8 Å². The van der Waals surface area contributed by atoms with Crippen LogP contribution in [0.5, 0.6) is 17.2 Å². The average Bonchev–Trinajstić information content (AvgIpc) is 1.61. The van der Waals surface area contributed by atoms with E-state index in [4.69, 9.17) is 43.0 Å². The smallest absolute Gasteiger partial charge is 0.336 e.